The highest BCUT2D eigenvalue weighted by atomic mass is 32.2. The number of aromatic nitrogens is 3. The van der Waals surface area contributed by atoms with Gasteiger partial charge in [0.2, 0.25) is 11.1 Å². The van der Waals surface area contributed by atoms with Crippen LogP contribution in [0.1, 0.15) is 12.7 Å². The van der Waals surface area contributed by atoms with Crippen LogP contribution in [0.3, 0.4) is 0 Å². The highest BCUT2D eigenvalue weighted by molar-refractivity contribution is 7.99. The number of benzene rings is 1. The summed E-state index contributed by atoms with van der Waals surface area (Å²) in [7, 11) is 0. The molecule has 0 atom stereocenters. The number of aromatic amines is 1. The second-order valence-corrected chi connectivity index (χ2v) is 5.81. The van der Waals surface area contributed by atoms with Gasteiger partial charge in [-0.2, -0.15) is 0 Å². The Hall–Kier alpha value is -1.47. The Kier molecular flexibility index (Phi) is 5.49. The second-order valence-electron chi connectivity index (χ2n) is 3.99. The van der Waals surface area contributed by atoms with Gasteiger partial charge < -0.3 is 5.32 Å². The first-order valence-corrected chi connectivity index (χ1v) is 8.40. The highest BCUT2D eigenvalue weighted by Crippen LogP contribution is 2.19. The molecular weight excluding hydrogens is 292 g/mol. The molecule has 0 aliphatic rings. The van der Waals surface area contributed by atoms with Crippen LogP contribution in [0, 0.1) is 0 Å². The summed E-state index contributed by atoms with van der Waals surface area (Å²) in [6.45, 7) is 2.00. The number of carbonyl (C=O) groups excluding carboxylic acids is 1. The third-order valence-electron chi connectivity index (χ3n) is 2.53. The van der Waals surface area contributed by atoms with Gasteiger partial charge >= 0.3 is 0 Å². The van der Waals surface area contributed by atoms with Gasteiger partial charge in [0.1, 0.15) is 5.82 Å². The molecule has 0 radical (unpaired) electrons. The Morgan fingerprint density at radius 2 is 2.30 bits per heavy atom. The highest BCUT2D eigenvalue weighted by Gasteiger charge is 2.07. The van der Waals surface area contributed by atoms with Gasteiger partial charge in [0, 0.05) is 17.0 Å². The number of rotatable bonds is 6. The number of hydrogen-bond donors (Lipinski definition) is 2. The summed E-state index contributed by atoms with van der Waals surface area (Å²) in [5.41, 5.74) is 0.812. The number of hydrogen-bond acceptors (Lipinski definition) is 5. The van der Waals surface area contributed by atoms with Crippen LogP contribution in [0.5, 0.6) is 0 Å². The predicted octanol–water partition coefficient (Wildman–Crippen LogP) is 2.82. The summed E-state index contributed by atoms with van der Waals surface area (Å²) < 4.78 is 0. The van der Waals surface area contributed by atoms with Crippen molar-refractivity contribution in [2.24, 2.45) is 0 Å². The van der Waals surface area contributed by atoms with Crippen molar-refractivity contribution in [3.8, 4) is 0 Å². The van der Waals surface area contributed by atoms with Crippen LogP contribution in [-0.4, -0.2) is 33.1 Å². The maximum Gasteiger partial charge on any atom is 0.234 e. The van der Waals surface area contributed by atoms with Gasteiger partial charge in [-0.15, -0.1) is 16.9 Å². The molecule has 0 bridgehead atoms. The molecule has 0 fully saturated rings. The van der Waals surface area contributed by atoms with Crippen molar-refractivity contribution in [3.63, 3.8) is 0 Å². The minimum absolute atomic E-state index is 0.0592. The number of thioether (sulfide) groups is 2. The smallest absolute Gasteiger partial charge is 0.234 e. The summed E-state index contributed by atoms with van der Waals surface area (Å²) in [5.74, 6) is 1.07. The number of aryl methyl sites for hydroxylation is 1. The summed E-state index contributed by atoms with van der Waals surface area (Å²) in [6.07, 6.45) is 2.81. The molecular formula is C13H16N4OS2. The summed E-state index contributed by atoms with van der Waals surface area (Å²) in [5, 5.41) is 10.3. The first-order chi connectivity index (χ1) is 9.71. The topological polar surface area (TPSA) is 70.7 Å². The van der Waals surface area contributed by atoms with Crippen molar-refractivity contribution in [1.29, 1.82) is 0 Å². The molecule has 20 heavy (non-hydrogen) atoms. The molecule has 2 N–H and O–H groups in total. The minimum Gasteiger partial charge on any atom is -0.325 e. The van der Waals surface area contributed by atoms with Crippen LogP contribution >= 0.6 is 23.5 Å². The lowest BCUT2D eigenvalue weighted by molar-refractivity contribution is -0.113. The first-order valence-electron chi connectivity index (χ1n) is 6.19. The van der Waals surface area contributed by atoms with E-state index in [2.05, 4.69) is 20.5 Å². The van der Waals surface area contributed by atoms with E-state index in [4.69, 9.17) is 0 Å². The molecule has 0 saturated heterocycles. The van der Waals surface area contributed by atoms with Gasteiger partial charge in [-0.1, -0.05) is 24.8 Å². The Balaban J connectivity index is 1.85. The normalized spacial score (nSPS) is 10.5. The predicted molar refractivity (Wildman–Crippen MR) is 83.3 cm³/mol. The van der Waals surface area contributed by atoms with Crippen molar-refractivity contribution in [2.45, 2.75) is 23.4 Å². The van der Waals surface area contributed by atoms with Crippen molar-refractivity contribution >= 4 is 35.1 Å². The molecule has 0 spiro atoms. The lowest BCUT2D eigenvalue weighted by Gasteiger charge is -2.05. The fourth-order valence-electron chi connectivity index (χ4n) is 1.53. The average Bonchev–Trinajstić information content (AvgIpc) is 2.93. The van der Waals surface area contributed by atoms with E-state index in [0.29, 0.717) is 10.9 Å². The van der Waals surface area contributed by atoms with Crippen LogP contribution < -0.4 is 5.32 Å². The summed E-state index contributed by atoms with van der Waals surface area (Å²) >= 11 is 2.97. The Labute approximate surface area is 126 Å². The molecule has 106 valence electrons. The summed E-state index contributed by atoms with van der Waals surface area (Å²) in [4.78, 5) is 17.2. The molecule has 1 amide bonds. The van der Waals surface area contributed by atoms with Gasteiger partial charge in [-0.25, -0.2) is 4.98 Å². The molecule has 7 heteroatoms. The van der Waals surface area contributed by atoms with E-state index < -0.39 is 0 Å². The number of nitrogens with zero attached hydrogens (tertiary/aromatic N) is 2. The number of amides is 1. The van der Waals surface area contributed by atoms with Crippen LogP contribution in [0.25, 0.3) is 0 Å². The third kappa shape index (κ3) is 4.28. The molecule has 0 aliphatic heterocycles. The van der Waals surface area contributed by atoms with Gasteiger partial charge in [0.15, 0.2) is 0 Å². The van der Waals surface area contributed by atoms with Crippen LogP contribution in [0.2, 0.25) is 0 Å². The van der Waals surface area contributed by atoms with Crippen LogP contribution in [0.15, 0.2) is 34.3 Å². The first kappa shape index (κ1) is 14.9. The van der Waals surface area contributed by atoms with Crippen molar-refractivity contribution < 1.29 is 4.79 Å². The van der Waals surface area contributed by atoms with Gasteiger partial charge in [-0.05, 0) is 24.5 Å². The second kappa shape index (κ2) is 7.35. The van der Waals surface area contributed by atoms with Crippen LogP contribution in [0.4, 0.5) is 5.69 Å². The van der Waals surface area contributed by atoms with E-state index in [1.807, 2.05) is 37.4 Å². The van der Waals surface area contributed by atoms with Crippen molar-refractivity contribution in [2.75, 3.05) is 17.3 Å². The number of H-pyrrole nitrogens is 1. The van der Waals surface area contributed by atoms with Gasteiger partial charge in [0.05, 0.1) is 5.75 Å². The minimum atomic E-state index is -0.0592. The molecule has 2 aromatic rings. The van der Waals surface area contributed by atoms with E-state index in [0.717, 1.165) is 22.8 Å². The maximum atomic E-state index is 11.9. The zero-order valence-corrected chi connectivity index (χ0v) is 13.0. The lowest BCUT2D eigenvalue weighted by Crippen LogP contribution is -2.14. The third-order valence-corrected chi connectivity index (χ3v) is 4.10. The average molecular weight is 308 g/mol. The molecule has 5 nitrogen and oxygen atoms in total. The van der Waals surface area contributed by atoms with Crippen molar-refractivity contribution in [1.82, 2.24) is 15.2 Å². The zero-order valence-electron chi connectivity index (χ0n) is 11.3. The van der Waals surface area contributed by atoms with E-state index in [9.17, 15) is 4.79 Å². The number of anilines is 1. The SMILES string of the molecule is CCc1nc(SCC(=O)Nc2cccc(SC)c2)n[nH]1. The largest absolute Gasteiger partial charge is 0.325 e. The monoisotopic (exact) mass is 308 g/mol. The van der Waals surface area contributed by atoms with E-state index >= 15 is 0 Å². The van der Waals surface area contributed by atoms with Gasteiger partial charge in [-0.3, -0.25) is 9.89 Å². The standard InChI is InChI=1S/C13H16N4OS2/c1-3-11-15-13(17-16-11)20-8-12(18)14-9-5-4-6-10(7-9)19-2/h4-7H,3,8H2,1-2H3,(H,14,18)(H,15,16,17). The lowest BCUT2D eigenvalue weighted by atomic mass is 10.3. The zero-order chi connectivity index (χ0) is 14.4. The van der Waals surface area contributed by atoms with E-state index in [1.165, 1.54) is 11.8 Å². The number of carbonyl (C=O) groups is 1. The molecule has 0 unspecified atom stereocenters. The Morgan fingerprint density at radius 1 is 1.45 bits per heavy atom. The van der Waals surface area contributed by atoms with Crippen LogP contribution in [-0.2, 0) is 11.2 Å². The molecule has 0 saturated carbocycles. The van der Waals surface area contributed by atoms with Gasteiger partial charge in [0.25, 0.3) is 0 Å². The van der Waals surface area contributed by atoms with Crippen molar-refractivity contribution in [3.05, 3.63) is 30.1 Å². The fourth-order valence-corrected chi connectivity index (χ4v) is 2.61. The molecule has 1 heterocycles. The summed E-state index contributed by atoms with van der Waals surface area (Å²) in [6, 6.07) is 7.77. The molecule has 1 aromatic carbocycles. The quantitative estimate of drug-likeness (QED) is 0.803. The van der Waals surface area contributed by atoms with E-state index in [-0.39, 0.29) is 5.91 Å². The molecule has 2 rings (SSSR count). The maximum absolute atomic E-state index is 11.9. The Morgan fingerprint density at radius 3 is 3.00 bits per heavy atom. The Bertz CT molecular complexity index is 585. The fraction of sp³-hybridized carbons (Fsp3) is 0.308. The van der Waals surface area contributed by atoms with E-state index in [1.54, 1.807) is 11.8 Å². The molecule has 0 aliphatic carbocycles. The molecule has 1 aromatic heterocycles. The number of nitrogens with one attached hydrogen (secondary N) is 2.